The summed E-state index contributed by atoms with van der Waals surface area (Å²) in [4.78, 5) is 73.4. The van der Waals surface area contributed by atoms with Gasteiger partial charge in [-0.3, -0.25) is 37.3 Å². The lowest BCUT2D eigenvalue weighted by atomic mass is 9.99. The molecule has 0 aromatic carbocycles. The minimum atomic E-state index is -4.97. The number of aliphatic hydroxyl groups excluding tert-OH is 1. The molecule has 0 aliphatic carbocycles. The zero-order valence-corrected chi connectivity index (χ0v) is 74.4. The predicted molar refractivity (Wildman–Crippen MR) is 455 cm³/mol. The van der Waals surface area contributed by atoms with Gasteiger partial charge in [-0.2, -0.15) is 0 Å². The molecule has 0 saturated carbocycles. The third-order valence-electron chi connectivity index (χ3n) is 21.8. The standard InChI is InChI=1S/C91H178O17P2/c1-7-10-12-14-16-18-20-22-24-26-31-35-39-43-49-55-61-67-73-88(93)101-79-86(107-90(95)75-70-64-58-51-45-41-37-33-29-28-30-34-38-42-48-54-60-66-72-84(6)9-3)81-105-109(97,98)103-77-85(92)78-104-110(99,100)106-82-87(80-102-89(94)74-68-62-56-52-46-47-53-59-65-71-83(4)5)108-91(96)76-69-63-57-50-44-40-36-32-27-25-23-21-19-17-15-13-11-8-2/h83-87,92H,7-82H2,1-6H3,(H,97,98)(H,99,100)/t84?,85-,86-,87-/m1/s1. The SMILES string of the molecule is CCCCCCCCCCCCCCCCCCCCC(=O)OC[C@H](COP(=O)(O)OC[C@@H](O)COP(=O)(O)OC[C@@H](COC(=O)CCCCCCCCCCCC(C)C)OC(=O)CCCCCCCCCCCCCCCCCCCC)OC(=O)CCCCCCCCCCCCCCCCCCCCC(C)CC. The number of hydrogen-bond donors (Lipinski definition) is 3. The molecule has 0 aromatic heterocycles. The van der Waals surface area contributed by atoms with Crippen molar-refractivity contribution in [3.05, 3.63) is 0 Å². The summed E-state index contributed by atoms with van der Waals surface area (Å²) >= 11 is 0. The van der Waals surface area contributed by atoms with Gasteiger partial charge in [-0.15, -0.1) is 0 Å². The molecule has 0 aromatic rings. The number of carbonyl (C=O) groups excluding carboxylic acids is 4. The molecule has 17 nitrogen and oxygen atoms in total. The number of phosphoric ester groups is 2. The Kier molecular flexibility index (Phi) is 80.7. The fourth-order valence-corrected chi connectivity index (χ4v) is 15.9. The minimum Gasteiger partial charge on any atom is -0.462 e. The van der Waals surface area contributed by atoms with Crippen LogP contribution in [0.4, 0.5) is 0 Å². The monoisotopic (exact) mass is 1610 g/mol. The fourth-order valence-electron chi connectivity index (χ4n) is 14.3. The van der Waals surface area contributed by atoms with Gasteiger partial charge in [-0.25, -0.2) is 9.13 Å². The van der Waals surface area contributed by atoms with Crippen LogP contribution in [-0.4, -0.2) is 96.7 Å². The molecule has 3 unspecified atom stereocenters. The van der Waals surface area contributed by atoms with E-state index in [0.29, 0.717) is 25.7 Å². The highest BCUT2D eigenvalue weighted by Crippen LogP contribution is 2.45. The van der Waals surface area contributed by atoms with E-state index >= 15 is 0 Å². The molecule has 6 atom stereocenters. The molecule has 110 heavy (non-hydrogen) atoms. The van der Waals surface area contributed by atoms with Gasteiger partial charge >= 0.3 is 39.5 Å². The molecule has 0 saturated heterocycles. The maximum Gasteiger partial charge on any atom is 0.472 e. The predicted octanol–water partition coefficient (Wildman–Crippen LogP) is 28.2. The van der Waals surface area contributed by atoms with Crippen LogP contribution in [0.1, 0.15) is 491 Å². The van der Waals surface area contributed by atoms with Crippen molar-refractivity contribution < 1.29 is 80.2 Å². The van der Waals surface area contributed by atoms with Crippen molar-refractivity contribution in [1.29, 1.82) is 0 Å². The molecule has 0 rings (SSSR count). The Morgan fingerprint density at radius 3 is 0.691 bits per heavy atom. The fraction of sp³-hybridized carbons (Fsp3) is 0.956. The van der Waals surface area contributed by atoms with Crippen LogP contribution >= 0.6 is 15.6 Å². The summed E-state index contributed by atoms with van der Waals surface area (Å²) in [6.45, 7) is 9.76. The summed E-state index contributed by atoms with van der Waals surface area (Å²) < 4.78 is 69.1. The molecular formula is C91H178O17P2. The van der Waals surface area contributed by atoms with E-state index in [9.17, 15) is 43.2 Å². The second-order valence-electron chi connectivity index (χ2n) is 33.4. The molecule has 0 fully saturated rings. The van der Waals surface area contributed by atoms with Crippen LogP contribution in [0.15, 0.2) is 0 Å². The first kappa shape index (κ1) is 108. The lowest BCUT2D eigenvalue weighted by Crippen LogP contribution is -2.30. The summed E-state index contributed by atoms with van der Waals surface area (Å²) in [7, 11) is -9.94. The number of aliphatic hydroxyl groups is 1. The highest BCUT2D eigenvalue weighted by Gasteiger charge is 2.31. The van der Waals surface area contributed by atoms with Crippen molar-refractivity contribution >= 4 is 39.5 Å². The Hall–Kier alpha value is -1.94. The third-order valence-corrected chi connectivity index (χ3v) is 23.7. The van der Waals surface area contributed by atoms with Gasteiger partial charge in [0, 0.05) is 25.7 Å². The van der Waals surface area contributed by atoms with Crippen LogP contribution in [0.3, 0.4) is 0 Å². The largest absolute Gasteiger partial charge is 0.472 e. The Bertz CT molecular complexity index is 2100. The number of rotatable bonds is 90. The zero-order chi connectivity index (χ0) is 80.6. The Labute approximate surface area is 677 Å². The van der Waals surface area contributed by atoms with E-state index in [1.165, 1.54) is 308 Å². The van der Waals surface area contributed by atoms with Gasteiger partial charge in [0.25, 0.3) is 0 Å². The number of ether oxygens (including phenoxy) is 4. The van der Waals surface area contributed by atoms with Crippen LogP contribution in [0.2, 0.25) is 0 Å². The highest BCUT2D eigenvalue weighted by atomic mass is 31.2. The molecule has 0 amide bonds. The number of esters is 4. The molecule has 0 aliphatic heterocycles. The van der Waals surface area contributed by atoms with Crippen molar-refractivity contribution in [3.8, 4) is 0 Å². The topological polar surface area (TPSA) is 237 Å². The molecule has 654 valence electrons. The molecule has 0 aliphatic rings. The van der Waals surface area contributed by atoms with E-state index in [2.05, 4.69) is 41.5 Å². The normalized spacial score (nSPS) is 14.0. The van der Waals surface area contributed by atoms with Crippen molar-refractivity contribution in [3.63, 3.8) is 0 Å². The number of phosphoric acid groups is 2. The first-order valence-electron chi connectivity index (χ1n) is 47.0. The zero-order valence-electron chi connectivity index (χ0n) is 72.6. The van der Waals surface area contributed by atoms with Crippen molar-refractivity contribution in [2.45, 2.75) is 509 Å². The summed E-state index contributed by atoms with van der Waals surface area (Å²) in [5.74, 6) is -0.480. The lowest BCUT2D eigenvalue weighted by molar-refractivity contribution is -0.161. The average Bonchev–Trinajstić information content (AvgIpc) is 0.897. The minimum absolute atomic E-state index is 0.109. The van der Waals surface area contributed by atoms with Crippen LogP contribution < -0.4 is 0 Å². The van der Waals surface area contributed by atoms with Gasteiger partial charge in [0.05, 0.1) is 26.4 Å². The summed E-state index contributed by atoms with van der Waals surface area (Å²) in [6, 6.07) is 0. The first-order valence-corrected chi connectivity index (χ1v) is 50.0. The number of unbranched alkanes of at least 4 members (excludes halogenated alkanes) is 59. The van der Waals surface area contributed by atoms with Gasteiger partial charge in [0.2, 0.25) is 0 Å². The molecule has 0 heterocycles. The Morgan fingerprint density at radius 1 is 0.264 bits per heavy atom. The van der Waals surface area contributed by atoms with E-state index in [1.54, 1.807) is 0 Å². The maximum absolute atomic E-state index is 13.2. The smallest absolute Gasteiger partial charge is 0.462 e. The maximum atomic E-state index is 13.2. The second kappa shape index (κ2) is 82.2. The van der Waals surface area contributed by atoms with Gasteiger partial charge in [-0.05, 0) is 37.5 Å². The summed E-state index contributed by atoms with van der Waals surface area (Å²) in [5, 5.41) is 10.7. The quantitative estimate of drug-likeness (QED) is 0.0222. The van der Waals surface area contributed by atoms with Crippen LogP contribution in [0, 0.1) is 11.8 Å². The van der Waals surface area contributed by atoms with E-state index in [1.807, 2.05) is 0 Å². The summed E-state index contributed by atoms with van der Waals surface area (Å²) in [6.07, 6.45) is 76.4. The Morgan fingerprint density at radius 2 is 0.464 bits per heavy atom. The molecule has 0 bridgehead atoms. The van der Waals surface area contributed by atoms with Gasteiger partial charge < -0.3 is 33.8 Å². The Balaban J connectivity index is 5.25. The third kappa shape index (κ3) is 82.6. The van der Waals surface area contributed by atoms with Crippen molar-refractivity contribution in [2.24, 2.45) is 11.8 Å². The van der Waals surface area contributed by atoms with Gasteiger partial charge in [0.1, 0.15) is 19.3 Å². The van der Waals surface area contributed by atoms with Crippen LogP contribution in [-0.2, 0) is 65.4 Å². The number of hydrogen-bond acceptors (Lipinski definition) is 15. The average molecular weight is 1610 g/mol. The molecule has 19 heteroatoms. The van der Waals surface area contributed by atoms with E-state index in [0.717, 1.165) is 102 Å². The van der Waals surface area contributed by atoms with E-state index in [-0.39, 0.29) is 25.7 Å². The van der Waals surface area contributed by atoms with E-state index in [4.69, 9.17) is 37.0 Å². The highest BCUT2D eigenvalue weighted by molar-refractivity contribution is 7.47. The van der Waals surface area contributed by atoms with Crippen molar-refractivity contribution in [1.82, 2.24) is 0 Å². The molecule has 0 radical (unpaired) electrons. The van der Waals surface area contributed by atoms with Gasteiger partial charge in [-0.1, -0.05) is 440 Å². The first-order chi connectivity index (χ1) is 53.4. The van der Waals surface area contributed by atoms with E-state index < -0.39 is 97.5 Å². The molecule has 0 spiro atoms. The van der Waals surface area contributed by atoms with Gasteiger partial charge in [0.15, 0.2) is 12.2 Å². The van der Waals surface area contributed by atoms with Crippen LogP contribution in [0.25, 0.3) is 0 Å². The molecule has 3 N–H and O–H groups in total. The van der Waals surface area contributed by atoms with Crippen LogP contribution in [0.5, 0.6) is 0 Å². The lowest BCUT2D eigenvalue weighted by Gasteiger charge is -2.21. The summed E-state index contributed by atoms with van der Waals surface area (Å²) in [5.41, 5.74) is 0. The number of carbonyl (C=O) groups is 4. The molecular weight excluding hydrogens is 1430 g/mol. The van der Waals surface area contributed by atoms with Crippen molar-refractivity contribution in [2.75, 3.05) is 39.6 Å². The second-order valence-corrected chi connectivity index (χ2v) is 36.3.